The highest BCUT2D eigenvalue weighted by Gasteiger charge is 2.20. The Kier molecular flexibility index (Phi) is 5.41. The first-order chi connectivity index (χ1) is 18.9. The summed E-state index contributed by atoms with van der Waals surface area (Å²) in [5.41, 5.74) is 9.35. The van der Waals surface area contributed by atoms with Crippen LogP contribution in [0.15, 0.2) is 134 Å². The predicted octanol–water partition coefficient (Wildman–Crippen LogP) is 8.24. The second-order valence-corrected chi connectivity index (χ2v) is 9.17. The molecule has 0 aliphatic carbocycles. The summed E-state index contributed by atoms with van der Waals surface area (Å²) in [7, 11) is 0. The Labute approximate surface area is 220 Å². The third-order valence-corrected chi connectivity index (χ3v) is 6.89. The molecule has 7 rings (SSSR count). The third kappa shape index (κ3) is 3.80. The molecule has 0 amide bonds. The minimum absolute atomic E-state index is 0.685. The minimum atomic E-state index is 0.685. The zero-order valence-corrected chi connectivity index (χ0v) is 20.5. The van der Waals surface area contributed by atoms with Gasteiger partial charge in [0.25, 0.3) is 0 Å². The fourth-order valence-corrected chi connectivity index (χ4v) is 5.09. The van der Waals surface area contributed by atoms with Crippen molar-refractivity contribution in [2.75, 3.05) is 0 Å². The van der Waals surface area contributed by atoms with E-state index >= 15 is 0 Å². The molecule has 0 atom stereocenters. The first-order valence-corrected chi connectivity index (χ1v) is 12.6. The molecular formula is C34H22N4. The lowest BCUT2D eigenvalue weighted by atomic mass is 9.89. The summed E-state index contributed by atoms with van der Waals surface area (Å²) >= 11 is 0. The molecule has 0 saturated carbocycles. The first kappa shape index (κ1) is 22.0. The molecule has 38 heavy (non-hydrogen) atoms. The Bertz CT molecular complexity index is 1880. The van der Waals surface area contributed by atoms with Crippen LogP contribution in [0, 0.1) is 0 Å². The fourth-order valence-electron chi connectivity index (χ4n) is 5.09. The van der Waals surface area contributed by atoms with E-state index in [9.17, 15) is 0 Å². The fraction of sp³-hybridized carbons (Fsp3) is 0. The van der Waals surface area contributed by atoms with E-state index in [1.165, 1.54) is 5.56 Å². The molecule has 2 aromatic heterocycles. The van der Waals surface area contributed by atoms with Gasteiger partial charge in [0.05, 0.1) is 11.0 Å². The van der Waals surface area contributed by atoms with Crippen LogP contribution in [0.3, 0.4) is 0 Å². The Hall–Kier alpha value is -5.22. The maximum absolute atomic E-state index is 5.19. The second-order valence-electron chi connectivity index (χ2n) is 9.17. The Morgan fingerprint density at radius 1 is 0.395 bits per heavy atom. The van der Waals surface area contributed by atoms with Crippen molar-refractivity contribution in [3.8, 4) is 44.8 Å². The van der Waals surface area contributed by atoms with Gasteiger partial charge in [-0.05, 0) is 22.3 Å². The molecule has 5 aromatic carbocycles. The summed E-state index contributed by atoms with van der Waals surface area (Å²) in [4.78, 5) is 19.1. The van der Waals surface area contributed by atoms with Crippen molar-refractivity contribution in [2.45, 2.75) is 0 Å². The quantitative estimate of drug-likeness (QED) is 0.235. The lowest BCUT2D eigenvalue weighted by molar-refractivity contribution is 1.21. The van der Waals surface area contributed by atoms with Gasteiger partial charge in [-0.2, -0.15) is 0 Å². The molecule has 0 bridgehead atoms. The van der Waals surface area contributed by atoms with Gasteiger partial charge in [-0.1, -0.05) is 115 Å². The number of fused-ring (bicyclic) bond motifs is 3. The molecule has 2 heterocycles. The highest BCUT2D eigenvalue weighted by molar-refractivity contribution is 6.19. The maximum atomic E-state index is 5.19. The van der Waals surface area contributed by atoms with Gasteiger partial charge in [-0.25, -0.2) is 19.9 Å². The van der Waals surface area contributed by atoms with Crippen LogP contribution < -0.4 is 0 Å². The molecule has 0 fully saturated rings. The molecule has 0 aliphatic heterocycles. The van der Waals surface area contributed by atoms with Gasteiger partial charge >= 0.3 is 0 Å². The van der Waals surface area contributed by atoms with Crippen molar-refractivity contribution in [1.29, 1.82) is 0 Å². The highest BCUT2D eigenvalue weighted by atomic mass is 14.9. The van der Waals surface area contributed by atoms with E-state index in [2.05, 4.69) is 102 Å². The van der Waals surface area contributed by atoms with Crippen LogP contribution in [-0.2, 0) is 0 Å². The third-order valence-electron chi connectivity index (χ3n) is 6.89. The highest BCUT2D eigenvalue weighted by Crippen LogP contribution is 2.43. The normalized spacial score (nSPS) is 11.2. The van der Waals surface area contributed by atoms with Crippen molar-refractivity contribution < 1.29 is 0 Å². The number of aromatic nitrogens is 4. The molecule has 178 valence electrons. The van der Waals surface area contributed by atoms with Crippen molar-refractivity contribution in [1.82, 2.24) is 19.9 Å². The largest absolute Gasteiger partial charge is 0.244 e. The van der Waals surface area contributed by atoms with Crippen LogP contribution in [0.5, 0.6) is 0 Å². The average Bonchev–Trinajstić information content (AvgIpc) is 3.01. The number of benzene rings is 5. The van der Waals surface area contributed by atoms with E-state index in [1.54, 1.807) is 6.33 Å². The minimum Gasteiger partial charge on any atom is -0.244 e. The number of nitrogens with zero attached hydrogens (tertiary/aromatic N) is 4. The molecule has 4 heteroatoms. The summed E-state index contributed by atoms with van der Waals surface area (Å²) in [5, 5.41) is 1.87. The van der Waals surface area contributed by atoms with Crippen molar-refractivity contribution >= 4 is 21.8 Å². The number of hydrogen-bond donors (Lipinski definition) is 0. The molecular weight excluding hydrogens is 464 g/mol. The topological polar surface area (TPSA) is 51.6 Å². The van der Waals surface area contributed by atoms with Gasteiger partial charge in [-0.3, -0.25) is 0 Å². The Morgan fingerprint density at radius 2 is 0.895 bits per heavy atom. The van der Waals surface area contributed by atoms with Crippen molar-refractivity contribution in [3.05, 3.63) is 134 Å². The second kappa shape index (κ2) is 9.34. The lowest BCUT2D eigenvalue weighted by Crippen LogP contribution is -1.98. The van der Waals surface area contributed by atoms with Gasteiger partial charge in [0.15, 0.2) is 5.82 Å². The van der Waals surface area contributed by atoms with Crippen molar-refractivity contribution in [2.24, 2.45) is 0 Å². The van der Waals surface area contributed by atoms with Crippen LogP contribution in [-0.4, -0.2) is 19.9 Å². The summed E-state index contributed by atoms with van der Waals surface area (Å²) in [6.45, 7) is 0. The molecule has 0 saturated heterocycles. The van der Waals surface area contributed by atoms with E-state index in [-0.39, 0.29) is 0 Å². The average molecular weight is 487 g/mol. The van der Waals surface area contributed by atoms with Gasteiger partial charge in [0.1, 0.15) is 6.33 Å². The number of hydrogen-bond acceptors (Lipinski definition) is 4. The Morgan fingerprint density at radius 3 is 1.53 bits per heavy atom. The molecule has 0 unspecified atom stereocenters. The monoisotopic (exact) mass is 486 g/mol. The molecule has 0 N–H and O–H groups in total. The molecule has 0 spiro atoms. The van der Waals surface area contributed by atoms with Crippen LogP contribution in [0.2, 0.25) is 0 Å². The summed E-state index contributed by atoms with van der Waals surface area (Å²) in [6, 6.07) is 39.6. The standard InChI is InChI=1S/C34H22N4/c1-4-10-23(11-5-1)24-16-18-27(19-17-24)34-36-21-29-28-20-35-22-37-32(28)30(25-12-6-2-7-13-25)31(33(29)38-34)26-14-8-3-9-15-26/h1-22H. The van der Waals surface area contributed by atoms with E-state index in [0.717, 1.165) is 55.2 Å². The van der Waals surface area contributed by atoms with E-state index in [1.807, 2.05) is 30.6 Å². The Balaban J connectivity index is 1.51. The SMILES string of the molecule is c1ccc(-c2ccc(-c3ncc4c(n3)c(-c3ccccc3)c(-c3ccccc3)c3ncncc34)cc2)cc1. The smallest absolute Gasteiger partial charge is 0.159 e. The summed E-state index contributed by atoms with van der Waals surface area (Å²) in [5.74, 6) is 0.685. The van der Waals surface area contributed by atoms with Gasteiger partial charge < -0.3 is 0 Å². The zero-order valence-electron chi connectivity index (χ0n) is 20.5. The maximum Gasteiger partial charge on any atom is 0.159 e. The predicted molar refractivity (Wildman–Crippen MR) is 154 cm³/mol. The van der Waals surface area contributed by atoms with Gasteiger partial charge in [0, 0.05) is 39.9 Å². The molecule has 7 aromatic rings. The van der Waals surface area contributed by atoms with Crippen LogP contribution >= 0.6 is 0 Å². The first-order valence-electron chi connectivity index (χ1n) is 12.6. The van der Waals surface area contributed by atoms with E-state index < -0.39 is 0 Å². The van der Waals surface area contributed by atoms with Crippen LogP contribution in [0.25, 0.3) is 66.6 Å². The molecule has 0 radical (unpaired) electrons. The van der Waals surface area contributed by atoms with Crippen LogP contribution in [0.1, 0.15) is 0 Å². The van der Waals surface area contributed by atoms with Gasteiger partial charge in [-0.15, -0.1) is 0 Å². The van der Waals surface area contributed by atoms with Gasteiger partial charge in [0.2, 0.25) is 0 Å². The molecule has 4 nitrogen and oxygen atoms in total. The van der Waals surface area contributed by atoms with Crippen molar-refractivity contribution in [3.63, 3.8) is 0 Å². The van der Waals surface area contributed by atoms with E-state index in [4.69, 9.17) is 15.0 Å². The lowest BCUT2D eigenvalue weighted by Gasteiger charge is -2.17. The summed E-state index contributed by atoms with van der Waals surface area (Å²) < 4.78 is 0. The summed E-state index contributed by atoms with van der Waals surface area (Å²) in [6.07, 6.45) is 5.39. The van der Waals surface area contributed by atoms with E-state index in [0.29, 0.717) is 5.82 Å². The molecule has 0 aliphatic rings. The zero-order chi connectivity index (χ0) is 25.3. The van der Waals surface area contributed by atoms with Crippen LogP contribution in [0.4, 0.5) is 0 Å². The number of rotatable bonds is 4.